The molecule has 0 bridgehead atoms. The lowest BCUT2D eigenvalue weighted by molar-refractivity contribution is 0.795. The molecule has 2 heteroatoms. The fourth-order valence-corrected chi connectivity index (χ4v) is 12.2. The Kier molecular flexibility index (Phi) is 8.06. The summed E-state index contributed by atoms with van der Waals surface area (Å²) in [5.41, 5.74) is 21.1. The highest BCUT2D eigenvalue weighted by molar-refractivity contribution is 7.27. The van der Waals surface area contributed by atoms with Gasteiger partial charge in [0, 0.05) is 42.8 Å². The van der Waals surface area contributed by atoms with E-state index < -0.39 is 5.41 Å². The van der Waals surface area contributed by atoms with Crippen molar-refractivity contribution in [3.8, 4) is 55.6 Å². The van der Waals surface area contributed by atoms with E-state index in [2.05, 4.69) is 241 Å². The Bertz CT molecular complexity index is 3490. The second kappa shape index (κ2) is 14.1. The third-order valence-electron chi connectivity index (χ3n) is 13.5. The minimum absolute atomic E-state index is 0.455. The lowest BCUT2D eigenvalue weighted by Gasteiger charge is -2.30. The molecule has 0 aliphatic heterocycles. The van der Waals surface area contributed by atoms with Gasteiger partial charge in [0.15, 0.2) is 0 Å². The van der Waals surface area contributed by atoms with Crippen LogP contribution in [0.5, 0.6) is 0 Å². The van der Waals surface area contributed by atoms with Crippen molar-refractivity contribution in [2.24, 2.45) is 0 Å². The molecule has 1 nitrogen and oxygen atoms in total. The maximum Gasteiger partial charge on any atom is 0.0725 e. The highest BCUT2D eigenvalue weighted by atomic mass is 32.1. The minimum atomic E-state index is -0.455. The van der Waals surface area contributed by atoms with E-state index in [9.17, 15) is 0 Å². The van der Waals surface area contributed by atoms with Crippen molar-refractivity contribution in [1.82, 2.24) is 0 Å². The second-order valence-electron chi connectivity index (χ2n) is 16.7. The number of hydrogen-bond acceptors (Lipinski definition) is 2. The molecule has 2 aliphatic rings. The van der Waals surface area contributed by atoms with E-state index >= 15 is 0 Å². The number of hydrogen-bond donors (Lipinski definition) is 0. The number of benzene rings is 10. The normalized spacial score (nSPS) is 12.9. The van der Waals surface area contributed by atoms with E-state index in [0.717, 1.165) is 17.1 Å². The third kappa shape index (κ3) is 5.29. The van der Waals surface area contributed by atoms with Crippen molar-refractivity contribution in [1.29, 1.82) is 0 Å². The van der Waals surface area contributed by atoms with E-state index in [0.29, 0.717) is 0 Å². The Labute approximate surface area is 371 Å². The molecular weight excluding hydrogens is 779 g/mol. The highest BCUT2D eigenvalue weighted by Gasteiger charge is 2.52. The Morgan fingerprint density at radius 1 is 0.286 bits per heavy atom. The van der Waals surface area contributed by atoms with Gasteiger partial charge in [0.25, 0.3) is 0 Å². The fraction of sp³-hybridized carbons (Fsp3) is 0.0164. The monoisotopic (exact) mass is 817 g/mol. The molecule has 0 N–H and O–H groups in total. The van der Waals surface area contributed by atoms with Gasteiger partial charge in [0.2, 0.25) is 0 Å². The van der Waals surface area contributed by atoms with Crippen LogP contribution in [0.1, 0.15) is 22.3 Å². The Morgan fingerprint density at radius 2 is 0.746 bits per heavy atom. The van der Waals surface area contributed by atoms with Crippen molar-refractivity contribution < 1.29 is 0 Å². The van der Waals surface area contributed by atoms with Crippen molar-refractivity contribution in [3.05, 3.63) is 259 Å². The summed E-state index contributed by atoms with van der Waals surface area (Å²) in [5.74, 6) is 0. The van der Waals surface area contributed by atoms with E-state index in [1.54, 1.807) is 0 Å². The molecule has 10 aromatic carbocycles. The van der Waals surface area contributed by atoms with Crippen molar-refractivity contribution >= 4 is 48.6 Å². The molecule has 63 heavy (non-hydrogen) atoms. The van der Waals surface area contributed by atoms with E-state index in [1.807, 2.05) is 11.3 Å². The number of nitrogens with zero attached hydrogens (tertiary/aromatic N) is 1. The predicted molar refractivity (Wildman–Crippen MR) is 267 cm³/mol. The van der Waals surface area contributed by atoms with Crippen LogP contribution in [0.4, 0.5) is 17.1 Å². The quantitative estimate of drug-likeness (QED) is 0.162. The maximum absolute atomic E-state index is 2.57. The van der Waals surface area contributed by atoms with Gasteiger partial charge in [-0.2, -0.15) is 0 Å². The van der Waals surface area contributed by atoms with Gasteiger partial charge in [-0.3, -0.25) is 0 Å². The molecule has 1 heterocycles. The van der Waals surface area contributed by atoms with Crippen molar-refractivity contribution in [3.63, 3.8) is 0 Å². The first-order valence-electron chi connectivity index (χ1n) is 21.8. The summed E-state index contributed by atoms with van der Waals surface area (Å²) in [7, 11) is 0. The zero-order chi connectivity index (χ0) is 41.5. The van der Waals surface area contributed by atoms with E-state index in [4.69, 9.17) is 0 Å². The maximum atomic E-state index is 2.57. The first-order chi connectivity index (χ1) is 31.3. The van der Waals surface area contributed by atoms with Gasteiger partial charge in [0.05, 0.1) is 5.41 Å². The SMILES string of the molecule is c1ccc(-c2ccc(N(c3ccccc3)c3ccc(-c4c5c(cc6c4sc4c(-c7ccccc7)cccc46)C4(c6ccccc6-c6ccccc64)c4ccccc4-5)cc3)cc2)cc1. The largest absolute Gasteiger partial charge is 0.311 e. The average molecular weight is 818 g/mol. The van der Waals surface area contributed by atoms with E-state index in [-0.39, 0.29) is 0 Å². The minimum Gasteiger partial charge on any atom is -0.311 e. The molecule has 0 atom stereocenters. The van der Waals surface area contributed by atoms with Gasteiger partial charge >= 0.3 is 0 Å². The van der Waals surface area contributed by atoms with Crippen molar-refractivity contribution in [2.45, 2.75) is 5.41 Å². The van der Waals surface area contributed by atoms with Crippen LogP contribution in [0, 0.1) is 0 Å². The summed E-state index contributed by atoms with van der Waals surface area (Å²) < 4.78 is 2.65. The number of para-hydroxylation sites is 1. The molecular formula is C61H39NS. The van der Waals surface area contributed by atoms with Gasteiger partial charge in [-0.15, -0.1) is 11.3 Å². The summed E-state index contributed by atoms with van der Waals surface area (Å²) in [6, 6.07) is 87.4. The van der Waals surface area contributed by atoms with Crippen molar-refractivity contribution in [2.75, 3.05) is 4.90 Å². The van der Waals surface area contributed by atoms with Crippen LogP contribution >= 0.6 is 11.3 Å². The topological polar surface area (TPSA) is 3.24 Å². The third-order valence-corrected chi connectivity index (χ3v) is 14.8. The molecule has 2 aliphatic carbocycles. The number of fused-ring (bicyclic) bond motifs is 13. The second-order valence-corrected chi connectivity index (χ2v) is 17.7. The number of rotatable bonds is 6. The molecule has 294 valence electrons. The standard InChI is InChI=1S/C61H39NS/c1-4-17-40(18-5-1)41-31-35-45(36-32-41)62(44-21-8-3-9-22-44)46-37-33-43(34-38-46)57-58-51-25-12-15-30-55(51)61(53-28-13-10-23-48(53)49-24-11-14-29-54(49)61)56(58)39-52-50-27-16-26-47(59(50)63-60(52)57)42-19-6-2-7-20-42/h1-39H. The van der Waals surface area contributed by atoms with Gasteiger partial charge < -0.3 is 4.90 Å². The van der Waals surface area contributed by atoms with E-state index in [1.165, 1.54) is 98.1 Å². The molecule has 0 unspecified atom stereocenters. The van der Waals surface area contributed by atoms with Gasteiger partial charge in [-0.05, 0) is 115 Å². The molecule has 0 radical (unpaired) electrons. The van der Waals surface area contributed by atoms with Crippen LogP contribution in [0.2, 0.25) is 0 Å². The summed E-state index contributed by atoms with van der Waals surface area (Å²) >= 11 is 1.94. The average Bonchev–Trinajstić information content (AvgIpc) is 3.99. The molecule has 11 aromatic rings. The summed E-state index contributed by atoms with van der Waals surface area (Å²) in [5, 5.41) is 2.61. The smallest absolute Gasteiger partial charge is 0.0725 e. The zero-order valence-electron chi connectivity index (χ0n) is 34.4. The van der Waals surface area contributed by atoms with Gasteiger partial charge in [-0.25, -0.2) is 0 Å². The van der Waals surface area contributed by atoms with Crippen LogP contribution < -0.4 is 4.90 Å². The first kappa shape index (κ1) is 35.9. The predicted octanol–water partition coefficient (Wildman–Crippen LogP) is 16.9. The molecule has 0 saturated carbocycles. The molecule has 0 amide bonds. The first-order valence-corrected chi connectivity index (χ1v) is 22.6. The molecule has 13 rings (SSSR count). The Hall–Kier alpha value is -7.78. The van der Waals surface area contributed by atoms with Crippen LogP contribution in [-0.2, 0) is 5.41 Å². The molecule has 0 fully saturated rings. The summed E-state index contributed by atoms with van der Waals surface area (Å²) in [4.78, 5) is 2.37. The van der Waals surface area contributed by atoms with Crippen LogP contribution in [-0.4, -0.2) is 0 Å². The van der Waals surface area contributed by atoms with Gasteiger partial charge in [-0.1, -0.05) is 194 Å². The van der Waals surface area contributed by atoms with Crippen LogP contribution in [0.3, 0.4) is 0 Å². The summed E-state index contributed by atoms with van der Waals surface area (Å²) in [6.45, 7) is 0. The lowest BCUT2D eigenvalue weighted by atomic mass is 9.70. The number of thiophene rings is 1. The fourth-order valence-electron chi connectivity index (χ4n) is 10.9. The molecule has 0 saturated heterocycles. The zero-order valence-corrected chi connectivity index (χ0v) is 35.2. The Balaban J connectivity index is 1.07. The molecule has 1 spiro atoms. The van der Waals surface area contributed by atoms with Crippen LogP contribution in [0.15, 0.2) is 237 Å². The number of anilines is 3. The van der Waals surface area contributed by atoms with Crippen LogP contribution in [0.25, 0.3) is 75.8 Å². The summed E-state index contributed by atoms with van der Waals surface area (Å²) in [6.07, 6.45) is 0. The Morgan fingerprint density at radius 3 is 1.37 bits per heavy atom. The molecule has 1 aromatic heterocycles. The highest BCUT2D eigenvalue weighted by Crippen LogP contribution is 2.65. The van der Waals surface area contributed by atoms with Gasteiger partial charge in [0.1, 0.15) is 0 Å². The lowest BCUT2D eigenvalue weighted by Crippen LogP contribution is -2.25.